The van der Waals surface area contributed by atoms with Crippen molar-refractivity contribution < 1.29 is 12.0 Å². The number of phenols is 1. The number of hydrogen-bond donors (Lipinski definition) is 1. The second-order valence-electron chi connectivity index (χ2n) is 4.46. The number of nitrogens with zero attached hydrogens (tertiary/aromatic N) is 1. The van der Waals surface area contributed by atoms with Crippen LogP contribution in [0.15, 0.2) is 24.3 Å². The molecule has 0 amide bonds. The summed E-state index contributed by atoms with van der Waals surface area (Å²) in [6, 6.07) is 6.21. The average molecular weight is 226 g/mol. The van der Waals surface area contributed by atoms with Crippen LogP contribution in [0.1, 0.15) is 38.5 Å². The standard InChI is InChI=1S/C14H23NO/c1-5-14(11(2)10-15(3)4)12-7-6-8-13(16)9-12/h6-9,11,14,16H,5,10H2,1-4H3/t11-,14+/m1/s1/i1D3,5D2. The van der Waals surface area contributed by atoms with E-state index < -0.39 is 19.1 Å². The molecule has 1 rings (SSSR count). The Bertz CT molecular complexity index is 473. The first-order chi connectivity index (χ1) is 9.46. The van der Waals surface area contributed by atoms with Crippen molar-refractivity contribution in [2.75, 3.05) is 20.6 Å². The first-order valence-electron chi connectivity index (χ1n) is 7.90. The Morgan fingerprint density at radius 3 is 2.81 bits per heavy atom. The van der Waals surface area contributed by atoms with Gasteiger partial charge in [-0.2, -0.15) is 0 Å². The van der Waals surface area contributed by atoms with E-state index in [-0.39, 0.29) is 11.7 Å². The maximum atomic E-state index is 9.62. The third-order valence-corrected chi connectivity index (χ3v) is 2.61. The van der Waals surface area contributed by atoms with Crippen molar-refractivity contribution in [3.63, 3.8) is 0 Å². The van der Waals surface area contributed by atoms with Crippen LogP contribution in [-0.4, -0.2) is 30.6 Å². The highest BCUT2D eigenvalue weighted by Gasteiger charge is 2.18. The van der Waals surface area contributed by atoms with Gasteiger partial charge < -0.3 is 10.0 Å². The van der Waals surface area contributed by atoms with Crippen LogP contribution >= 0.6 is 0 Å². The van der Waals surface area contributed by atoms with Crippen molar-refractivity contribution in [2.45, 2.75) is 26.1 Å². The van der Waals surface area contributed by atoms with Crippen LogP contribution < -0.4 is 0 Å². The van der Waals surface area contributed by atoms with Crippen LogP contribution in [-0.2, 0) is 0 Å². The summed E-state index contributed by atoms with van der Waals surface area (Å²) >= 11 is 0. The van der Waals surface area contributed by atoms with Gasteiger partial charge in [0.25, 0.3) is 0 Å². The van der Waals surface area contributed by atoms with Gasteiger partial charge in [-0.15, -0.1) is 0 Å². The zero-order valence-corrected chi connectivity index (χ0v) is 10.1. The molecule has 0 bridgehead atoms. The summed E-state index contributed by atoms with van der Waals surface area (Å²) in [6.07, 6.45) is -2.38. The van der Waals surface area contributed by atoms with Crippen molar-refractivity contribution in [3.8, 4) is 5.75 Å². The lowest BCUT2D eigenvalue weighted by molar-refractivity contribution is 0.301. The Kier molecular flexibility index (Phi) is 2.70. The van der Waals surface area contributed by atoms with Crippen molar-refractivity contribution in [2.24, 2.45) is 5.92 Å². The Balaban J connectivity index is 3.30. The van der Waals surface area contributed by atoms with Crippen molar-refractivity contribution >= 4 is 0 Å². The molecule has 1 N–H and O–H groups in total. The maximum absolute atomic E-state index is 9.62. The molecule has 2 heteroatoms. The van der Waals surface area contributed by atoms with Gasteiger partial charge in [-0.05, 0) is 50.0 Å². The van der Waals surface area contributed by atoms with Gasteiger partial charge in [0, 0.05) is 13.4 Å². The predicted molar refractivity (Wildman–Crippen MR) is 68.9 cm³/mol. The first-order valence-corrected chi connectivity index (χ1v) is 5.40. The molecule has 1 aromatic carbocycles. The second kappa shape index (κ2) is 5.90. The molecule has 0 spiro atoms. The normalized spacial score (nSPS) is 21.4. The summed E-state index contributed by atoms with van der Waals surface area (Å²) in [5.41, 5.74) is 0.505. The summed E-state index contributed by atoms with van der Waals surface area (Å²) in [5, 5.41) is 9.62. The number of hydrogen-bond acceptors (Lipinski definition) is 2. The minimum absolute atomic E-state index is 0.0101. The lowest BCUT2D eigenvalue weighted by atomic mass is 9.85. The summed E-state index contributed by atoms with van der Waals surface area (Å²) < 4.78 is 38.8. The summed E-state index contributed by atoms with van der Waals surface area (Å²) in [6.45, 7) is -0.349. The molecule has 0 aliphatic rings. The fraction of sp³-hybridized carbons (Fsp3) is 0.571. The number of rotatable bonds is 5. The van der Waals surface area contributed by atoms with Crippen molar-refractivity contribution in [3.05, 3.63) is 29.8 Å². The van der Waals surface area contributed by atoms with Gasteiger partial charge in [0.05, 0.1) is 0 Å². The van der Waals surface area contributed by atoms with Gasteiger partial charge >= 0.3 is 0 Å². The molecule has 0 aliphatic heterocycles. The molecule has 2 nitrogen and oxygen atoms in total. The topological polar surface area (TPSA) is 23.5 Å². The molecular weight excluding hydrogens is 198 g/mol. The van der Waals surface area contributed by atoms with Crippen molar-refractivity contribution in [1.29, 1.82) is 0 Å². The first kappa shape index (κ1) is 7.33. The van der Waals surface area contributed by atoms with Crippen LogP contribution in [0.5, 0.6) is 5.75 Å². The Morgan fingerprint density at radius 1 is 1.50 bits per heavy atom. The summed E-state index contributed by atoms with van der Waals surface area (Å²) in [4.78, 5) is 1.90. The van der Waals surface area contributed by atoms with Crippen LogP contribution in [0.2, 0.25) is 0 Å². The lowest BCUT2D eigenvalue weighted by Crippen LogP contribution is -2.24. The van der Waals surface area contributed by atoms with E-state index in [0.717, 1.165) is 0 Å². The summed E-state index contributed by atoms with van der Waals surface area (Å²) in [7, 11) is 3.72. The number of phenolic OH excluding ortho intramolecular Hbond substituents is 1. The fourth-order valence-electron chi connectivity index (χ4n) is 1.95. The van der Waals surface area contributed by atoms with Crippen LogP contribution in [0, 0.1) is 5.92 Å². The molecule has 90 valence electrons. The lowest BCUT2D eigenvalue weighted by Gasteiger charge is -2.26. The van der Waals surface area contributed by atoms with Gasteiger partial charge in [-0.1, -0.05) is 25.9 Å². The molecule has 0 radical (unpaired) electrons. The van der Waals surface area contributed by atoms with E-state index in [2.05, 4.69) is 0 Å². The smallest absolute Gasteiger partial charge is 0.115 e. The third kappa shape index (κ3) is 3.53. The van der Waals surface area contributed by atoms with E-state index in [1.54, 1.807) is 12.1 Å². The number of aromatic hydroxyl groups is 1. The molecule has 0 aliphatic carbocycles. The van der Waals surface area contributed by atoms with Gasteiger partial charge in [0.1, 0.15) is 5.75 Å². The highest BCUT2D eigenvalue weighted by atomic mass is 16.3. The van der Waals surface area contributed by atoms with Crippen LogP contribution in [0.4, 0.5) is 0 Å². The molecule has 0 aromatic heterocycles. The van der Waals surface area contributed by atoms with Gasteiger partial charge in [0.15, 0.2) is 0 Å². The maximum Gasteiger partial charge on any atom is 0.115 e. The molecule has 0 unspecified atom stereocenters. The highest BCUT2D eigenvalue weighted by molar-refractivity contribution is 5.30. The number of benzene rings is 1. The molecule has 16 heavy (non-hydrogen) atoms. The van der Waals surface area contributed by atoms with E-state index in [1.807, 2.05) is 25.9 Å². The van der Waals surface area contributed by atoms with Gasteiger partial charge in [0.2, 0.25) is 0 Å². The summed E-state index contributed by atoms with van der Waals surface area (Å²) in [5.74, 6) is -1.05. The van der Waals surface area contributed by atoms with Crippen LogP contribution in [0.25, 0.3) is 0 Å². The van der Waals surface area contributed by atoms with E-state index in [0.29, 0.717) is 12.1 Å². The monoisotopic (exact) mass is 226 g/mol. The van der Waals surface area contributed by atoms with Gasteiger partial charge in [-0.25, -0.2) is 0 Å². The molecular formula is C14H23NO. The van der Waals surface area contributed by atoms with E-state index in [4.69, 9.17) is 6.85 Å². The highest BCUT2D eigenvalue weighted by Crippen LogP contribution is 2.30. The Morgan fingerprint density at radius 2 is 2.25 bits per heavy atom. The van der Waals surface area contributed by atoms with Gasteiger partial charge in [-0.3, -0.25) is 0 Å². The fourth-order valence-corrected chi connectivity index (χ4v) is 1.95. The average Bonchev–Trinajstić information content (AvgIpc) is 2.25. The van der Waals surface area contributed by atoms with Crippen LogP contribution in [0.3, 0.4) is 0 Å². The largest absolute Gasteiger partial charge is 0.508 e. The molecule has 0 saturated carbocycles. The molecule has 0 fully saturated rings. The van der Waals surface area contributed by atoms with E-state index in [9.17, 15) is 5.11 Å². The Labute approximate surface area is 106 Å². The van der Waals surface area contributed by atoms with E-state index >= 15 is 0 Å². The predicted octanol–water partition coefficient (Wildman–Crippen LogP) is 3.08. The SMILES string of the molecule is [2H]C([2H])([2H])C([2H])([2H])[C@H](c1cccc(O)c1)[C@H](C)CN(C)C. The quantitative estimate of drug-likeness (QED) is 0.834. The second-order valence-corrected chi connectivity index (χ2v) is 4.46. The molecule has 0 heterocycles. The molecule has 0 saturated heterocycles. The van der Waals surface area contributed by atoms with E-state index in [1.165, 1.54) is 12.1 Å². The zero-order chi connectivity index (χ0) is 16.4. The minimum Gasteiger partial charge on any atom is -0.508 e. The zero-order valence-electron chi connectivity index (χ0n) is 15.1. The molecule has 2 atom stereocenters. The third-order valence-electron chi connectivity index (χ3n) is 2.61. The van der Waals surface area contributed by atoms with Crippen molar-refractivity contribution in [1.82, 2.24) is 4.90 Å². The Hall–Kier alpha value is -1.02. The molecule has 1 aromatic rings. The minimum atomic E-state index is -2.73.